The van der Waals surface area contributed by atoms with Crippen LogP contribution >= 0.6 is 11.5 Å². The molecular weight excluding hydrogens is 439 g/mol. The van der Waals surface area contributed by atoms with E-state index in [0.29, 0.717) is 5.82 Å². The van der Waals surface area contributed by atoms with E-state index in [1.54, 1.807) is 12.1 Å². The molecule has 3 aromatic carbocycles. The largest absolute Gasteiger partial charge is 0.297 e. The van der Waals surface area contributed by atoms with Crippen molar-refractivity contribution >= 4 is 38.3 Å². The van der Waals surface area contributed by atoms with Gasteiger partial charge in [0.1, 0.15) is 5.82 Å². The number of carbonyl (C=O) groups excluding carboxylic acids is 1. The van der Waals surface area contributed by atoms with Crippen molar-refractivity contribution in [3.63, 3.8) is 0 Å². The molecule has 4 rings (SSSR count). The summed E-state index contributed by atoms with van der Waals surface area (Å²) in [5.41, 5.74) is 0.994. The van der Waals surface area contributed by atoms with E-state index in [4.69, 9.17) is 0 Å². The topological polar surface area (TPSA) is 101 Å². The van der Waals surface area contributed by atoms with Crippen molar-refractivity contribution in [3.8, 4) is 11.4 Å². The van der Waals surface area contributed by atoms with E-state index in [9.17, 15) is 17.6 Å². The molecule has 0 saturated carbocycles. The molecule has 0 radical (unpaired) electrons. The summed E-state index contributed by atoms with van der Waals surface area (Å²) < 4.78 is 45.0. The Hall–Kier alpha value is -3.63. The Balaban J connectivity index is 1.55. The summed E-state index contributed by atoms with van der Waals surface area (Å²) in [6, 6.07) is 19.8. The summed E-state index contributed by atoms with van der Waals surface area (Å²) in [5.74, 6) is -0.620. The smallest absolute Gasteiger partial charge is 0.261 e. The lowest BCUT2D eigenvalue weighted by Crippen LogP contribution is -2.18. The van der Waals surface area contributed by atoms with Gasteiger partial charge in [-0.1, -0.05) is 42.5 Å². The number of rotatable bonds is 6. The number of halogens is 1. The van der Waals surface area contributed by atoms with Gasteiger partial charge < -0.3 is 0 Å². The van der Waals surface area contributed by atoms with Crippen molar-refractivity contribution in [2.24, 2.45) is 0 Å². The monoisotopic (exact) mass is 454 g/mol. The highest BCUT2D eigenvalue weighted by Crippen LogP contribution is 2.24. The van der Waals surface area contributed by atoms with Gasteiger partial charge in [-0.25, -0.2) is 12.8 Å². The minimum Gasteiger partial charge on any atom is -0.297 e. The molecule has 10 heteroatoms. The fourth-order valence-electron chi connectivity index (χ4n) is 2.73. The Morgan fingerprint density at radius 2 is 1.58 bits per heavy atom. The molecule has 0 aliphatic heterocycles. The molecule has 31 heavy (non-hydrogen) atoms. The highest BCUT2D eigenvalue weighted by molar-refractivity contribution is 7.92. The van der Waals surface area contributed by atoms with Crippen LogP contribution in [0.1, 0.15) is 10.4 Å². The zero-order chi connectivity index (χ0) is 21.8. The van der Waals surface area contributed by atoms with Crippen LogP contribution in [-0.2, 0) is 10.0 Å². The summed E-state index contributed by atoms with van der Waals surface area (Å²) in [6.45, 7) is 0. The number of carbonyl (C=O) groups is 1. The number of hydrogen-bond acceptors (Lipinski definition) is 6. The van der Waals surface area contributed by atoms with Crippen molar-refractivity contribution in [3.05, 3.63) is 90.2 Å². The molecule has 7 nitrogen and oxygen atoms in total. The first kappa shape index (κ1) is 20.6. The SMILES string of the molecule is O=C(Nc1nc(-c2ccccc2)ns1)c1ccccc1NS(=O)(=O)c1ccc(F)cc1. The lowest BCUT2D eigenvalue weighted by atomic mass is 10.2. The average molecular weight is 455 g/mol. The van der Waals surface area contributed by atoms with Crippen LogP contribution in [0.25, 0.3) is 11.4 Å². The standard InChI is InChI=1S/C21H15FN4O3S2/c22-15-10-12-16(13-11-15)31(28,29)26-18-9-5-4-8-17(18)20(27)24-21-23-19(25-30-21)14-6-2-1-3-7-14/h1-13,26H,(H,23,24,25,27). The van der Waals surface area contributed by atoms with E-state index >= 15 is 0 Å². The highest BCUT2D eigenvalue weighted by Gasteiger charge is 2.19. The second kappa shape index (κ2) is 8.62. The highest BCUT2D eigenvalue weighted by atomic mass is 32.2. The first-order valence-electron chi connectivity index (χ1n) is 9.00. The van der Waals surface area contributed by atoms with Gasteiger partial charge in [0.2, 0.25) is 5.13 Å². The van der Waals surface area contributed by atoms with E-state index in [1.165, 1.54) is 12.1 Å². The third-order valence-corrected chi connectivity index (χ3v) is 6.23. The van der Waals surface area contributed by atoms with Gasteiger partial charge in [0, 0.05) is 17.1 Å². The fourth-order valence-corrected chi connectivity index (χ4v) is 4.40. The third-order valence-electron chi connectivity index (χ3n) is 4.22. The Kier molecular flexibility index (Phi) is 5.74. The van der Waals surface area contributed by atoms with Gasteiger partial charge in [-0.15, -0.1) is 0 Å². The Morgan fingerprint density at radius 3 is 2.32 bits per heavy atom. The van der Waals surface area contributed by atoms with Crippen LogP contribution in [0.15, 0.2) is 83.8 Å². The van der Waals surface area contributed by atoms with Crippen molar-refractivity contribution in [1.82, 2.24) is 9.36 Å². The number of para-hydroxylation sites is 1. The van der Waals surface area contributed by atoms with Gasteiger partial charge in [0.15, 0.2) is 5.82 Å². The predicted octanol–water partition coefficient (Wildman–Crippen LogP) is 4.40. The second-order valence-corrected chi connectivity index (χ2v) is 8.78. The quantitative estimate of drug-likeness (QED) is 0.450. The molecule has 0 aliphatic rings. The maximum atomic E-state index is 13.1. The van der Waals surface area contributed by atoms with Gasteiger partial charge in [-0.05, 0) is 36.4 Å². The van der Waals surface area contributed by atoms with Crippen LogP contribution in [0.2, 0.25) is 0 Å². The minimum atomic E-state index is -4.01. The first-order valence-corrected chi connectivity index (χ1v) is 11.3. The number of benzene rings is 3. The molecule has 1 heterocycles. The molecule has 0 saturated heterocycles. The number of anilines is 2. The zero-order valence-electron chi connectivity index (χ0n) is 15.8. The molecule has 0 fully saturated rings. The van der Waals surface area contributed by atoms with Gasteiger partial charge in [-0.3, -0.25) is 14.8 Å². The summed E-state index contributed by atoms with van der Waals surface area (Å²) in [7, 11) is -4.01. The summed E-state index contributed by atoms with van der Waals surface area (Å²) in [6.07, 6.45) is 0. The number of hydrogen-bond donors (Lipinski definition) is 2. The number of aromatic nitrogens is 2. The summed E-state index contributed by atoms with van der Waals surface area (Å²) in [4.78, 5) is 17.0. The van der Waals surface area contributed by atoms with Crippen molar-refractivity contribution in [2.45, 2.75) is 4.90 Å². The van der Waals surface area contributed by atoms with Gasteiger partial charge in [0.05, 0.1) is 16.1 Å². The van der Waals surface area contributed by atoms with Crippen molar-refractivity contribution < 1.29 is 17.6 Å². The van der Waals surface area contributed by atoms with Crippen LogP contribution in [0.3, 0.4) is 0 Å². The number of amides is 1. The summed E-state index contributed by atoms with van der Waals surface area (Å²) in [5, 5.41) is 2.92. The predicted molar refractivity (Wildman–Crippen MR) is 117 cm³/mol. The molecule has 2 N–H and O–H groups in total. The van der Waals surface area contributed by atoms with Gasteiger partial charge >= 0.3 is 0 Å². The molecule has 0 spiro atoms. The zero-order valence-corrected chi connectivity index (χ0v) is 17.5. The Morgan fingerprint density at radius 1 is 0.903 bits per heavy atom. The van der Waals surface area contributed by atoms with Crippen molar-refractivity contribution in [2.75, 3.05) is 10.0 Å². The maximum Gasteiger partial charge on any atom is 0.261 e. The van der Waals surface area contributed by atoms with E-state index in [2.05, 4.69) is 19.4 Å². The molecule has 0 aliphatic carbocycles. The lowest BCUT2D eigenvalue weighted by molar-refractivity contribution is 0.102. The van der Waals surface area contributed by atoms with Crippen molar-refractivity contribution in [1.29, 1.82) is 0 Å². The average Bonchev–Trinajstić information content (AvgIpc) is 3.23. The molecule has 4 aromatic rings. The molecule has 0 bridgehead atoms. The number of nitrogens with one attached hydrogen (secondary N) is 2. The van der Waals surface area contributed by atoms with Crippen LogP contribution in [0.4, 0.5) is 15.2 Å². The Bertz CT molecular complexity index is 1320. The molecule has 0 atom stereocenters. The van der Waals surface area contributed by atoms with E-state index < -0.39 is 21.7 Å². The van der Waals surface area contributed by atoms with Crippen LogP contribution < -0.4 is 10.0 Å². The molecular formula is C21H15FN4O3S2. The molecule has 1 aromatic heterocycles. The van der Waals surface area contributed by atoms with Gasteiger partial charge in [0.25, 0.3) is 15.9 Å². The van der Waals surface area contributed by atoms with Crippen LogP contribution in [-0.4, -0.2) is 23.7 Å². The fraction of sp³-hybridized carbons (Fsp3) is 0. The lowest BCUT2D eigenvalue weighted by Gasteiger charge is -2.12. The molecule has 1 amide bonds. The normalized spacial score (nSPS) is 11.1. The first-order chi connectivity index (χ1) is 14.9. The van der Waals surface area contributed by atoms with Crippen LogP contribution in [0.5, 0.6) is 0 Å². The minimum absolute atomic E-state index is 0.0807. The van der Waals surface area contributed by atoms with Gasteiger partial charge in [-0.2, -0.15) is 9.36 Å². The van der Waals surface area contributed by atoms with E-state index in [1.807, 2.05) is 30.3 Å². The second-order valence-electron chi connectivity index (χ2n) is 6.35. The Labute approximate surface area is 181 Å². The van der Waals surface area contributed by atoms with E-state index in [-0.39, 0.29) is 21.3 Å². The maximum absolute atomic E-state index is 13.1. The number of nitrogens with zero attached hydrogens (tertiary/aromatic N) is 2. The third kappa shape index (κ3) is 4.76. The molecule has 156 valence electrons. The number of sulfonamides is 1. The van der Waals surface area contributed by atoms with Crippen LogP contribution in [0, 0.1) is 5.82 Å². The molecule has 0 unspecified atom stereocenters. The van der Waals surface area contributed by atoms with E-state index in [0.717, 1.165) is 41.4 Å². The summed E-state index contributed by atoms with van der Waals surface area (Å²) >= 11 is 1.02.